The third-order valence-electron chi connectivity index (χ3n) is 4.33. The first-order valence-corrected chi connectivity index (χ1v) is 8.55. The van der Waals surface area contributed by atoms with E-state index in [1.807, 2.05) is 54.6 Å². The lowest BCUT2D eigenvalue weighted by molar-refractivity contribution is 0.0570. The molecule has 0 unspecified atom stereocenters. The van der Waals surface area contributed by atoms with Gasteiger partial charge in [-0.3, -0.25) is 4.79 Å². The summed E-state index contributed by atoms with van der Waals surface area (Å²) in [6.07, 6.45) is -0.304. The third-order valence-corrected chi connectivity index (χ3v) is 4.33. The molecule has 1 heterocycles. The van der Waals surface area contributed by atoms with Gasteiger partial charge in [0.1, 0.15) is 0 Å². The second-order valence-electron chi connectivity index (χ2n) is 5.92. The van der Waals surface area contributed by atoms with E-state index < -0.39 is 0 Å². The smallest absolute Gasteiger partial charge is 0.409 e. The van der Waals surface area contributed by atoms with Crippen LogP contribution in [0.3, 0.4) is 0 Å². The van der Waals surface area contributed by atoms with E-state index in [1.165, 1.54) is 0 Å². The minimum Gasteiger partial charge on any atom is -0.450 e. The monoisotopic (exact) mass is 338 g/mol. The van der Waals surface area contributed by atoms with Gasteiger partial charge >= 0.3 is 6.09 Å². The van der Waals surface area contributed by atoms with Crippen molar-refractivity contribution in [3.8, 4) is 11.1 Å². The standard InChI is InChI=1S/C20H22N2O3/c1-2-25-20(24)22-14-12-21(13-15-22)19(23)18-10-8-17(9-11-18)16-6-4-3-5-7-16/h3-11H,2,12-15H2,1H3. The number of carbonyl (C=O) groups is 2. The molecule has 1 saturated heterocycles. The summed E-state index contributed by atoms with van der Waals surface area (Å²) in [6.45, 7) is 4.22. The van der Waals surface area contributed by atoms with E-state index in [2.05, 4.69) is 0 Å². The molecule has 130 valence electrons. The number of ether oxygens (including phenoxy) is 1. The molecule has 0 spiro atoms. The van der Waals surface area contributed by atoms with Crippen LogP contribution in [0.4, 0.5) is 4.79 Å². The molecular weight excluding hydrogens is 316 g/mol. The normalized spacial score (nSPS) is 14.3. The highest BCUT2D eigenvalue weighted by Crippen LogP contribution is 2.20. The summed E-state index contributed by atoms with van der Waals surface area (Å²) in [5.41, 5.74) is 2.89. The third kappa shape index (κ3) is 3.99. The number of benzene rings is 2. The Hall–Kier alpha value is -2.82. The van der Waals surface area contributed by atoms with Crippen molar-refractivity contribution in [2.24, 2.45) is 0 Å². The molecule has 2 amide bonds. The molecule has 2 aromatic carbocycles. The average molecular weight is 338 g/mol. The van der Waals surface area contributed by atoms with Crippen LogP contribution in [0.5, 0.6) is 0 Å². The molecule has 25 heavy (non-hydrogen) atoms. The Labute approximate surface area is 147 Å². The van der Waals surface area contributed by atoms with E-state index in [1.54, 1.807) is 16.7 Å². The van der Waals surface area contributed by atoms with Crippen LogP contribution in [0, 0.1) is 0 Å². The molecule has 0 N–H and O–H groups in total. The number of amides is 2. The molecule has 0 atom stereocenters. The van der Waals surface area contributed by atoms with Gasteiger partial charge in [-0.1, -0.05) is 42.5 Å². The summed E-state index contributed by atoms with van der Waals surface area (Å²) in [5.74, 6) is 0.00289. The summed E-state index contributed by atoms with van der Waals surface area (Å²) >= 11 is 0. The van der Waals surface area contributed by atoms with Crippen molar-refractivity contribution in [3.63, 3.8) is 0 Å². The van der Waals surface area contributed by atoms with E-state index in [-0.39, 0.29) is 12.0 Å². The Morgan fingerprint density at radius 2 is 1.40 bits per heavy atom. The molecule has 0 bridgehead atoms. The zero-order valence-corrected chi connectivity index (χ0v) is 14.4. The second-order valence-corrected chi connectivity index (χ2v) is 5.92. The maximum Gasteiger partial charge on any atom is 0.409 e. The first kappa shape index (κ1) is 17.0. The van der Waals surface area contributed by atoms with Gasteiger partial charge in [-0.05, 0) is 30.2 Å². The molecule has 0 aliphatic carbocycles. The molecule has 0 radical (unpaired) electrons. The van der Waals surface area contributed by atoms with Crippen molar-refractivity contribution in [1.29, 1.82) is 0 Å². The number of rotatable bonds is 3. The van der Waals surface area contributed by atoms with E-state index >= 15 is 0 Å². The second kappa shape index (κ2) is 7.83. The molecule has 5 heteroatoms. The Bertz CT molecular complexity index is 720. The molecule has 0 saturated carbocycles. The average Bonchev–Trinajstić information content (AvgIpc) is 2.68. The maximum absolute atomic E-state index is 12.6. The van der Waals surface area contributed by atoms with Gasteiger partial charge in [-0.25, -0.2) is 4.79 Å². The van der Waals surface area contributed by atoms with Gasteiger partial charge in [0, 0.05) is 31.7 Å². The lowest BCUT2D eigenvalue weighted by Crippen LogP contribution is -2.50. The van der Waals surface area contributed by atoms with Crippen LogP contribution in [0.2, 0.25) is 0 Å². The number of carbonyl (C=O) groups excluding carboxylic acids is 2. The van der Waals surface area contributed by atoms with Crippen LogP contribution >= 0.6 is 0 Å². The van der Waals surface area contributed by atoms with Gasteiger partial charge in [0.25, 0.3) is 5.91 Å². The number of piperazine rings is 1. The van der Waals surface area contributed by atoms with Gasteiger partial charge < -0.3 is 14.5 Å². The van der Waals surface area contributed by atoms with Crippen LogP contribution in [0.15, 0.2) is 54.6 Å². The highest BCUT2D eigenvalue weighted by molar-refractivity contribution is 5.94. The van der Waals surface area contributed by atoms with Crippen molar-refractivity contribution in [3.05, 3.63) is 60.2 Å². The van der Waals surface area contributed by atoms with Crippen molar-refractivity contribution < 1.29 is 14.3 Å². The zero-order valence-electron chi connectivity index (χ0n) is 14.4. The van der Waals surface area contributed by atoms with Crippen LogP contribution in [-0.4, -0.2) is 54.6 Å². The molecule has 5 nitrogen and oxygen atoms in total. The largest absolute Gasteiger partial charge is 0.450 e. The summed E-state index contributed by atoms with van der Waals surface area (Å²) in [6, 6.07) is 17.7. The Morgan fingerprint density at radius 1 is 0.840 bits per heavy atom. The number of nitrogens with zero attached hydrogens (tertiary/aromatic N) is 2. The quantitative estimate of drug-likeness (QED) is 0.863. The molecule has 0 aromatic heterocycles. The fourth-order valence-corrected chi connectivity index (χ4v) is 2.93. The molecule has 1 aliphatic heterocycles. The summed E-state index contributed by atoms with van der Waals surface area (Å²) in [5, 5.41) is 0. The van der Waals surface area contributed by atoms with Gasteiger partial charge in [-0.2, -0.15) is 0 Å². The lowest BCUT2D eigenvalue weighted by atomic mass is 10.0. The SMILES string of the molecule is CCOC(=O)N1CCN(C(=O)c2ccc(-c3ccccc3)cc2)CC1. The van der Waals surface area contributed by atoms with E-state index in [0.717, 1.165) is 11.1 Å². The fourth-order valence-electron chi connectivity index (χ4n) is 2.93. The Morgan fingerprint density at radius 3 is 2.00 bits per heavy atom. The zero-order chi connectivity index (χ0) is 17.6. The van der Waals surface area contributed by atoms with Gasteiger partial charge in [-0.15, -0.1) is 0 Å². The van der Waals surface area contributed by atoms with Crippen molar-refractivity contribution in [2.75, 3.05) is 32.8 Å². The van der Waals surface area contributed by atoms with Gasteiger partial charge in [0.05, 0.1) is 6.61 Å². The molecule has 3 rings (SSSR count). The Kier molecular flexibility index (Phi) is 5.33. The molecule has 2 aromatic rings. The highest BCUT2D eigenvalue weighted by Gasteiger charge is 2.25. The van der Waals surface area contributed by atoms with E-state index in [4.69, 9.17) is 4.74 Å². The summed E-state index contributed by atoms with van der Waals surface area (Å²) in [4.78, 5) is 27.8. The van der Waals surface area contributed by atoms with Crippen molar-refractivity contribution >= 4 is 12.0 Å². The van der Waals surface area contributed by atoms with E-state index in [0.29, 0.717) is 38.3 Å². The first-order valence-electron chi connectivity index (χ1n) is 8.55. The van der Waals surface area contributed by atoms with Crippen LogP contribution in [-0.2, 0) is 4.74 Å². The lowest BCUT2D eigenvalue weighted by Gasteiger charge is -2.34. The highest BCUT2D eigenvalue weighted by atomic mass is 16.6. The number of hydrogen-bond donors (Lipinski definition) is 0. The summed E-state index contributed by atoms with van der Waals surface area (Å²) in [7, 11) is 0. The van der Waals surface area contributed by atoms with Crippen molar-refractivity contribution in [2.45, 2.75) is 6.92 Å². The fraction of sp³-hybridized carbons (Fsp3) is 0.300. The minimum absolute atomic E-state index is 0.00289. The molecule has 1 aliphatic rings. The minimum atomic E-state index is -0.304. The molecule has 1 fully saturated rings. The summed E-state index contributed by atoms with van der Waals surface area (Å²) < 4.78 is 5.00. The predicted molar refractivity (Wildman–Crippen MR) is 96.4 cm³/mol. The maximum atomic E-state index is 12.6. The van der Waals surface area contributed by atoms with E-state index in [9.17, 15) is 9.59 Å². The number of hydrogen-bond acceptors (Lipinski definition) is 3. The van der Waals surface area contributed by atoms with Gasteiger partial charge in [0.2, 0.25) is 0 Å². The molecular formula is C20H22N2O3. The van der Waals surface area contributed by atoms with Crippen LogP contribution < -0.4 is 0 Å². The predicted octanol–water partition coefficient (Wildman–Crippen LogP) is 3.27. The topological polar surface area (TPSA) is 49.9 Å². The first-order chi connectivity index (χ1) is 12.2. The van der Waals surface area contributed by atoms with Crippen molar-refractivity contribution in [1.82, 2.24) is 9.80 Å². The Balaban J connectivity index is 1.61. The van der Waals surface area contributed by atoms with Crippen LogP contribution in [0.1, 0.15) is 17.3 Å². The van der Waals surface area contributed by atoms with Crippen LogP contribution in [0.25, 0.3) is 11.1 Å². The van der Waals surface area contributed by atoms with Gasteiger partial charge in [0.15, 0.2) is 0 Å².